The van der Waals surface area contributed by atoms with Gasteiger partial charge in [-0.1, -0.05) is 42.5 Å². The van der Waals surface area contributed by atoms with E-state index in [2.05, 4.69) is 67.6 Å². The van der Waals surface area contributed by atoms with Crippen molar-refractivity contribution in [1.82, 2.24) is 34.8 Å². The lowest BCUT2D eigenvalue weighted by atomic mass is 10.1. The highest BCUT2D eigenvalue weighted by Crippen LogP contribution is 2.15. The molecular formula is C25H27IN8. The van der Waals surface area contributed by atoms with Gasteiger partial charge in [0.1, 0.15) is 0 Å². The van der Waals surface area contributed by atoms with Gasteiger partial charge in [0.2, 0.25) is 0 Å². The monoisotopic (exact) mass is 566 g/mol. The predicted octanol–water partition coefficient (Wildman–Crippen LogP) is 4.00. The fourth-order valence-electron chi connectivity index (χ4n) is 3.77. The second-order valence-electron chi connectivity index (χ2n) is 7.77. The number of aromatic nitrogens is 5. The van der Waals surface area contributed by atoms with Gasteiger partial charge in [-0.25, -0.2) is 9.98 Å². The molecule has 0 saturated heterocycles. The van der Waals surface area contributed by atoms with Crippen LogP contribution in [-0.2, 0) is 19.6 Å². The Labute approximate surface area is 215 Å². The molecule has 8 nitrogen and oxygen atoms in total. The van der Waals surface area contributed by atoms with Gasteiger partial charge in [0.15, 0.2) is 17.4 Å². The third-order valence-electron chi connectivity index (χ3n) is 5.47. The maximum absolute atomic E-state index is 4.73. The summed E-state index contributed by atoms with van der Waals surface area (Å²) in [5.74, 6) is 1.59. The van der Waals surface area contributed by atoms with Crippen molar-refractivity contribution in [1.29, 1.82) is 0 Å². The lowest BCUT2D eigenvalue weighted by molar-refractivity contribution is 0.765. The van der Waals surface area contributed by atoms with Crippen molar-refractivity contribution >= 4 is 46.6 Å². The molecule has 0 fully saturated rings. The average Bonchev–Trinajstić information content (AvgIpc) is 3.46. The molecule has 0 unspecified atom stereocenters. The molecule has 5 aromatic rings. The van der Waals surface area contributed by atoms with Crippen molar-refractivity contribution in [2.24, 2.45) is 4.99 Å². The van der Waals surface area contributed by atoms with E-state index in [1.165, 1.54) is 5.56 Å². The van der Waals surface area contributed by atoms with Crippen molar-refractivity contribution < 1.29 is 0 Å². The van der Waals surface area contributed by atoms with E-state index < -0.39 is 0 Å². The van der Waals surface area contributed by atoms with E-state index in [0.29, 0.717) is 13.1 Å². The van der Waals surface area contributed by atoms with Crippen LogP contribution in [0.3, 0.4) is 0 Å². The van der Waals surface area contributed by atoms with Gasteiger partial charge in [-0.3, -0.25) is 4.40 Å². The van der Waals surface area contributed by atoms with Gasteiger partial charge in [0, 0.05) is 19.3 Å². The molecule has 3 aromatic heterocycles. The maximum Gasteiger partial charge on any atom is 0.191 e. The van der Waals surface area contributed by atoms with Gasteiger partial charge in [0.05, 0.1) is 30.5 Å². The number of para-hydroxylation sites is 2. The molecule has 0 amide bonds. The number of imidazole rings is 1. The zero-order chi connectivity index (χ0) is 22.5. The lowest BCUT2D eigenvalue weighted by Gasteiger charge is -2.11. The molecular weight excluding hydrogens is 539 g/mol. The minimum Gasteiger partial charge on any atom is -0.357 e. The number of hydrogen-bond donors (Lipinski definition) is 2. The van der Waals surface area contributed by atoms with Crippen LogP contribution in [0.5, 0.6) is 0 Å². The Morgan fingerprint density at radius 3 is 2.56 bits per heavy atom. The van der Waals surface area contributed by atoms with Gasteiger partial charge in [0.25, 0.3) is 0 Å². The summed E-state index contributed by atoms with van der Waals surface area (Å²) >= 11 is 0. The molecule has 34 heavy (non-hydrogen) atoms. The Morgan fingerprint density at radius 2 is 1.71 bits per heavy atom. The third-order valence-corrected chi connectivity index (χ3v) is 5.47. The summed E-state index contributed by atoms with van der Waals surface area (Å²) in [6.45, 7) is 4.75. The number of pyridine rings is 1. The van der Waals surface area contributed by atoms with Gasteiger partial charge < -0.3 is 15.2 Å². The van der Waals surface area contributed by atoms with Gasteiger partial charge >= 0.3 is 0 Å². The summed E-state index contributed by atoms with van der Waals surface area (Å²) in [4.78, 5) is 9.20. The van der Waals surface area contributed by atoms with Crippen molar-refractivity contribution in [2.75, 3.05) is 6.54 Å². The van der Waals surface area contributed by atoms with Crippen molar-refractivity contribution in [3.05, 3.63) is 96.2 Å². The first-order chi connectivity index (χ1) is 16.3. The molecule has 0 radical (unpaired) electrons. The first-order valence-electron chi connectivity index (χ1n) is 11.1. The van der Waals surface area contributed by atoms with Crippen LogP contribution in [0, 0.1) is 0 Å². The van der Waals surface area contributed by atoms with E-state index in [0.717, 1.165) is 47.1 Å². The highest BCUT2D eigenvalue weighted by Gasteiger charge is 2.06. The zero-order valence-corrected chi connectivity index (χ0v) is 21.3. The van der Waals surface area contributed by atoms with Crippen LogP contribution in [0.25, 0.3) is 16.7 Å². The Bertz CT molecular complexity index is 1390. The first-order valence-corrected chi connectivity index (χ1v) is 11.1. The fourth-order valence-corrected chi connectivity index (χ4v) is 3.77. The highest BCUT2D eigenvalue weighted by molar-refractivity contribution is 14.0. The average molecular weight is 566 g/mol. The smallest absolute Gasteiger partial charge is 0.191 e. The quantitative estimate of drug-likeness (QED) is 0.177. The minimum atomic E-state index is 0. The number of nitrogens with one attached hydrogen (secondary N) is 2. The van der Waals surface area contributed by atoms with Crippen LogP contribution in [0.1, 0.15) is 23.9 Å². The topological polar surface area (TPSA) is 84.4 Å². The van der Waals surface area contributed by atoms with Crippen molar-refractivity contribution in [3.8, 4) is 0 Å². The van der Waals surface area contributed by atoms with Crippen molar-refractivity contribution in [3.63, 3.8) is 0 Å². The highest BCUT2D eigenvalue weighted by atomic mass is 127. The molecule has 3 heterocycles. The molecule has 174 valence electrons. The number of rotatable bonds is 7. The third kappa shape index (κ3) is 5.36. The standard InChI is InChI=1S/C25H26N8.HI/c1-2-26-25(28-16-24-31-30-23-9-5-6-14-33(23)24)27-15-19-10-12-20(13-11-19)17-32-18-29-21-7-3-4-8-22(21)32;/h3-14,18H,2,15-17H2,1H3,(H2,26,27,28);1H. The molecule has 2 N–H and O–H groups in total. The maximum atomic E-state index is 4.73. The normalized spacial score (nSPS) is 11.5. The second-order valence-corrected chi connectivity index (χ2v) is 7.77. The molecule has 0 aliphatic carbocycles. The second kappa shape index (κ2) is 11.1. The summed E-state index contributed by atoms with van der Waals surface area (Å²) < 4.78 is 4.14. The molecule has 5 rings (SSSR count). The number of aliphatic imine (C=N–C) groups is 1. The molecule has 2 aromatic carbocycles. The lowest BCUT2D eigenvalue weighted by Crippen LogP contribution is -2.37. The largest absolute Gasteiger partial charge is 0.357 e. The van der Waals surface area contributed by atoms with E-state index in [9.17, 15) is 0 Å². The Kier molecular flexibility index (Phi) is 7.73. The van der Waals surface area contributed by atoms with Gasteiger partial charge in [-0.2, -0.15) is 0 Å². The van der Waals surface area contributed by atoms with E-state index >= 15 is 0 Å². The van der Waals surface area contributed by atoms with Crippen molar-refractivity contribution in [2.45, 2.75) is 26.6 Å². The summed E-state index contributed by atoms with van der Waals surface area (Å²) in [6, 6.07) is 22.6. The van der Waals surface area contributed by atoms with Crippen LogP contribution in [0.4, 0.5) is 0 Å². The van der Waals surface area contributed by atoms with Gasteiger partial charge in [-0.15, -0.1) is 34.2 Å². The Balaban J connectivity index is 0.00000274. The molecule has 0 aliphatic rings. The van der Waals surface area contributed by atoms with Crippen LogP contribution >= 0.6 is 24.0 Å². The van der Waals surface area contributed by atoms with Gasteiger partial charge in [-0.05, 0) is 42.3 Å². The number of guanidine groups is 1. The Hall–Kier alpha value is -3.47. The summed E-state index contributed by atoms with van der Waals surface area (Å²) in [5.41, 5.74) is 5.38. The molecule has 0 spiro atoms. The van der Waals surface area contributed by atoms with E-state index in [4.69, 9.17) is 4.99 Å². The predicted molar refractivity (Wildman–Crippen MR) is 145 cm³/mol. The SMILES string of the molecule is CCNC(=NCc1ccc(Cn2cnc3ccccc32)cc1)NCc1nnc2ccccn12.I. The molecule has 0 bridgehead atoms. The zero-order valence-electron chi connectivity index (χ0n) is 18.9. The molecule has 0 aliphatic heterocycles. The fraction of sp³-hybridized carbons (Fsp3) is 0.200. The summed E-state index contributed by atoms with van der Waals surface area (Å²) in [5, 5.41) is 15.1. The van der Waals surface area contributed by atoms with E-state index in [-0.39, 0.29) is 24.0 Å². The van der Waals surface area contributed by atoms with Crippen LogP contribution in [0.15, 0.2) is 84.2 Å². The number of halogens is 1. The number of benzene rings is 2. The molecule has 0 atom stereocenters. The molecule has 9 heteroatoms. The van der Waals surface area contributed by atoms with Crippen LogP contribution < -0.4 is 10.6 Å². The number of fused-ring (bicyclic) bond motifs is 2. The van der Waals surface area contributed by atoms with Crippen LogP contribution in [-0.4, -0.2) is 36.7 Å². The van der Waals surface area contributed by atoms with E-state index in [1.807, 2.05) is 53.3 Å². The first kappa shape index (κ1) is 23.7. The van der Waals surface area contributed by atoms with E-state index in [1.54, 1.807) is 0 Å². The number of hydrogen-bond acceptors (Lipinski definition) is 4. The number of nitrogens with zero attached hydrogens (tertiary/aromatic N) is 6. The molecule has 0 saturated carbocycles. The Morgan fingerprint density at radius 1 is 0.912 bits per heavy atom. The summed E-state index contributed by atoms with van der Waals surface area (Å²) in [7, 11) is 0. The summed E-state index contributed by atoms with van der Waals surface area (Å²) in [6.07, 6.45) is 3.86. The minimum absolute atomic E-state index is 0. The van der Waals surface area contributed by atoms with Crippen LogP contribution in [0.2, 0.25) is 0 Å².